The summed E-state index contributed by atoms with van der Waals surface area (Å²) >= 11 is 4.88. The van der Waals surface area contributed by atoms with Gasteiger partial charge in [-0.05, 0) is 42.5 Å². The van der Waals surface area contributed by atoms with Crippen LogP contribution in [0.1, 0.15) is 0 Å². The maximum atomic E-state index is 13.1. The quantitative estimate of drug-likeness (QED) is 0.499. The first kappa shape index (κ1) is 14.2. The fourth-order valence-corrected chi connectivity index (χ4v) is 2.60. The zero-order valence-corrected chi connectivity index (χ0v) is 12.5. The van der Waals surface area contributed by atoms with Crippen LogP contribution in [-0.4, -0.2) is 12.4 Å². The third-order valence-corrected chi connectivity index (χ3v) is 3.80. The van der Waals surface area contributed by atoms with Crippen molar-refractivity contribution in [1.29, 1.82) is 0 Å². The molecule has 0 aliphatic heterocycles. The van der Waals surface area contributed by atoms with Gasteiger partial charge in [0.25, 0.3) is 0 Å². The van der Waals surface area contributed by atoms with Crippen LogP contribution in [0.25, 0.3) is 0 Å². The molecule has 0 saturated heterocycles. The monoisotopic (exact) mass is 341 g/mol. The zero-order chi connectivity index (χ0) is 13.7. The number of benzene rings is 2. The molecule has 0 aliphatic rings. The second kappa shape index (κ2) is 6.82. The van der Waals surface area contributed by atoms with E-state index in [4.69, 9.17) is 10.5 Å². The van der Waals surface area contributed by atoms with Crippen molar-refractivity contribution >= 4 is 33.4 Å². The van der Waals surface area contributed by atoms with Crippen LogP contribution < -0.4 is 10.5 Å². The molecule has 0 saturated carbocycles. The van der Waals surface area contributed by atoms with E-state index in [-0.39, 0.29) is 5.82 Å². The van der Waals surface area contributed by atoms with Gasteiger partial charge in [-0.15, -0.1) is 11.8 Å². The summed E-state index contributed by atoms with van der Waals surface area (Å²) in [5.74, 6) is 1.25. The van der Waals surface area contributed by atoms with Crippen LogP contribution in [0.2, 0.25) is 0 Å². The number of ether oxygens (including phenoxy) is 1. The SMILES string of the molecule is Nc1cc(F)cc(SCCOc2ccc(Br)cc2)c1. The summed E-state index contributed by atoms with van der Waals surface area (Å²) in [6, 6.07) is 12.2. The van der Waals surface area contributed by atoms with Crippen LogP contribution in [0.15, 0.2) is 51.8 Å². The van der Waals surface area contributed by atoms with Crippen LogP contribution in [0.4, 0.5) is 10.1 Å². The summed E-state index contributed by atoms with van der Waals surface area (Å²) < 4.78 is 19.7. The van der Waals surface area contributed by atoms with Crippen molar-refractivity contribution in [3.8, 4) is 5.75 Å². The van der Waals surface area contributed by atoms with E-state index in [2.05, 4.69) is 15.9 Å². The van der Waals surface area contributed by atoms with Crippen molar-refractivity contribution in [3.63, 3.8) is 0 Å². The van der Waals surface area contributed by atoms with Crippen LogP contribution in [0.5, 0.6) is 5.75 Å². The number of hydrogen-bond acceptors (Lipinski definition) is 3. The lowest BCUT2D eigenvalue weighted by atomic mass is 10.3. The molecule has 2 N–H and O–H groups in total. The highest BCUT2D eigenvalue weighted by Crippen LogP contribution is 2.22. The largest absolute Gasteiger partial charge is 0.493 e. The standard InChI is InChI=1S/C14H13BrFNOS/c15-10-1-3-13(4-2-10)18-5-6-19-14-8-11(16)7-12(17)9-14/h1-4,7-9H,5-6,17H2. The Labute approximate surface area is 124 Å². The molecular formula is C14H13BrFNOS. The Balaban J connectivity index is 1.79. The van der Waals surface area contributed by atoms with E-state index >= 15 is 0 Å². The third-order valence-electron chi connectivity index (χ3n) is 2.33. The van der Waals surface area contributed by atoms with Crippen molar-refractivity contribution < 1.29 is 9.13 Å². The molecular weight excluding hydrogens is 329 g/mol. The number of thioether (sulfide) groups is 1. The molecule has 0 bridgehead atoms. The van der Waals surface area contributed by atoms with E-state index in [0.29, 0.717) is 12.3 Å². The van der Waals surface area contributed by atoms with Crippen LogP contribution >= 0.6 is 27.7 Å². The Morgan fingerprint density at radius 1 is 1.16 bits per heavy atom. The molecule has 0 heterocycles. The number of nitrogens with two attached hydrogens (primary N) is 1. The van der Waals surface area contributed by atoms with Crippen molar-refractivity contribution in [2.24, 2.45) is 0 Å². The molecule has 5 heteroatoms. The summed E-state index contributed by atoms with van der Waals surface area (Å²) in [6.07, 6.45) is 0. The molecule has 0 aromatic heterocycles. The maximum Gasteiger partial charge on any atom is 0.126 e. The second-order valence-electron chi connectivity index (χ2n) is 3.87. The molecule has 19 heavy (non-hydrogen) atoms. The molecule has 2 aromatic carbocycles. The van der Waals surface area contributed by atoms with Crippen LogP contribution in [0, 0.1) is 5.82 Å². The zero-order valence-electron chi connectivity index (χ0n) is 10.1. The van der Waals surface area contributed by atoms with Gasteiger partial charge < -0.3 is 10.5 Å². The lowest BCUT2D eigenvalue weighted by Gasteiger charge is -2.06. The van der Waals surface area contributed by atoms with Gasteiger partial charge >= 0.3 is 0 Å². The molecule has 0 unspecified atom stereocenters. The molecule has 0 atom stereocenters. The van der Waals surface area contributed by atoms with Crippen molar-refractivity contribution in [3.05, 3.63) is 52.8 Å². The summed E-state index contributed by atoms with van der Waals surface area (Å²) in [4.78, 5) is 0.817. The smallest absolute Gasteiger partial charge is 0.126 e. The minimum Gasteiger partial charge on any atom is -0.493 e. The Morgan fingerprint density at radius 2 is 1.89 bits per heavy atom. The fourth-order valence-electron chi connectivity index (χ4n) is 1.52. The Morgan fingerprint density at radius 3 is 2.58 bits per heavy atom. The van der Waals surface area contributed by atoms with Gasteiger partial charge in [0.2, 0.25) is 0 Å². The highest BCUT2D eigenvalue weighted by atomic mass is 79.9. The van der Waals surface area contributed by atoms with E-state index in [0.717, 1.165) is 20.9 Å². The molecule has 100 valence electrons. The van der Waals surface area contributed by atoms with Gasteiger partial charge in [-0.25, -0.2) is 4.39 Å². The number of rotatable bonds is 5. The second-order valence-corrected chi connectivity index (χ2v) is 5.96. The van der Waals surface area contributed by atoms with E-state index < -0.39 is 0 Å². The van der Waals surface area contributed by atoms with Gasteiger partial charge in [0.05, 0.1) is 6.61 Å². The van der Waals surface area contributed by atoms with Gasteiger partial charge in [-0.1, -0.05) is 15.9 Å². The maximum absolute atomic E-state index is 13.1. The minimum atomic E-state index is -0.309. The van der Waals surface area contributed by atoms with Crippen LogP contribution in [-0.2, 0) is 0 Å². The molecule has 0 amide bonds. The van der Waals surface area contributed by atoms with E-state index in [1.54, 1.807) is 6.07 Å². The molecule has 2 aromatic rings. The molecule has 2 rings (SSSR count). The number of anilines is 1. The summed E-state index contributed by atoms with van der Waals surface area (Å²) in [7, 11) is 0. The Hall–Kier alpha value is -1.20. The number of hydrogen-bond donors (Lipinski definition) is 1. The van der Waals surface area contributed by atoms with Gasteiger partial charge in [0.15, 0.2) is 0 Å². The normalized spacial score (nSPS) is 10.4. The first-order valence-corrected chi connectivity index (χ1v) is 7.48. The van der Waals surface area contributed by atoms with Crippen molar-refractivity contribution in [1.82, 2.24) is 0 Å². The van der Waals surface area contributed by atoms with Gasteiger partial charge in [-0.3, -0.25) is 0 Å². The number of nitrogen functional groups attached to an aromatic ring is 1. The first-order valence-electron chi connectivity index (χ1n) is 5.71. The van der Waals surface area contributed by atoms with Crippen molar-refractivity contribution in [2.45, 2.75) is 4.90 Å². The van der Waals surface area contributed by atoms with Crippen molar-refractivity contribution in [2.75, 3.05) is 18.1 Å². The highest BCUT2D eigenvalue weighted by Gasteiger charge is 2.00. The first-order chi connectivity index (χ1) is 9.13. The number of halogens is 2. The van der Waals surface area contributed by atoms with E-state index in [1.807, 2.05) is 24.3 Å². The predicted octanol–water partition coefficient (Wildman–Crippen LogP) is 4.34. The summed E-state index contributed by atoms with van der Waals surface area (Å²) in [5.41, 5.74) is 6.02. The summed E-state index contributed by atoms with van der Waals surface area (Å²) in [6.45, 7) is 0.558. The molecule has 0 fully saturated rings. The Bertz CT molecular complexity index is 527. The predicted molar refractivity (Wildman–Crippen MR) is 81.2 cm³/mol. The topological polar surface area (TPSA) is 35.2 Å². The highest BCUT2D eigenvalue weighted by molar-refractivity contribution is 9.10. The van der Waals surface area contributed by atoms with Crippen LogP contribution in [0.3, 0.4) is 0 Å². The molecule has 2 nitrogen and oxygen atoms in total. The minimum absolute atomic E-state index is 0.309. The fraction of sp³-hybridized carbons (Fsp3) is 0.143. The van der Waals surface area contributed by atoms with Gasteiger partial charge in [0, 0.05) is 20.8 Å². The van der Waals surface area contributed by atoms with E-state index in [9.17, 15) is 4.39 Å². The average molecular weight is 342 g/mol. The van der Waals surface area contributed by atoms with Gasteiger partial charge in [0.1, 0.15) is 11.6 Å². The van der Waals surface area contributed by atoms with Gasteiger partial charge in [-0.2, -0.15) is 0 Å². The summed E-state index contributed by atoms with van der Waals surface area (Å²) in [5, 5.41) is 0. The Kier molecular flexibility index (Phi) is 5.10. The molecule has 0 aliphatic carbocycles. The molecule has 0 spiro atoms. The van der Waals surface area contributed by atoms with E-state index in [1.165, 1.54) is 23.9 Å². The lowest BCUT2D eigenvalue weighted by molar-refractivity contribution is 0.344. The molecule has 0 radical (unpaired) electrons. The lowest BCUT2D eigenvalue weighted by Crippen LogP contribution is -2.00. The third kappa shape index (κ3) is 4.76. The average Bonchev–Trinajstić information content (AvgIpc) is 2.36.